The summed E-state index contributed by atoms with van der Waals surface area (Å²) in [5.41, 5.74) is 0. The Bertz CT molecular complexity index is 170. The maximum absolute atomic E-state index is 8.61. The molecule has 0 radical (unpaired) electrons. The van der Waals surface area contributed by atoms with Crippen LogP contribution in [-0.4, -0.2) is 169 Å². The zero-order valence-electron chi connectivity index (χ0n) is 8.81. The minimum atomic E-state index is -4.29. The Kier molecular flexibility index (Phi) is 90.6. The largest absolute Gasteiger partial charge is 4.00 e. The number of hydrogen-bond acceptors (Lipinski definition) is 12. The Hall–Kier alpha value is 5.62. The molecule has 0 unspecified atom stereocenters. The Balaban J connectivity index is -0.0000000192. The second-order valence-corrected chi connectivity index (χ2v) is 6.71. The molecule has 0 saturated carbocycles. The second kappa shape index (κ2) is 38.9. The van der Waals surface area contributed by atoms with Gasteiger partial charge in [0.15, 0.2) is 0 Å². The molecule has 0 aromatic rings. The van der Waals surface area contributed by atoms with Crippen LogP contribution in [0.25, 0.3) is 0 Å². The predicted octanol–water partition coefficient (Wildman–Crippen LogP) is -12.3. The molecule has 19 heteroatoms. The number of rotatable bonds is 0. The fraction of sp³-hybridized carbons (Fsp3) is 0. The van der Waals surface area contributed by atoms with Crippen molar-refractivity contribution in [2.75, 3.05) is 0 Å². The average Bonchev–Trinajstić information content (AvgIpc) is 1.76. The predicted molar refractivity (Wildman–Crippen MR) is 37.3 cm³/mol. The van der Waals surface area contributed by atoms with Crippen LogP contribution >= 0.6 is 0 Å². The second-order valence-electron chi connectivity index (χ2n) is 1.00. The van der Waals surface area contributed by atoms with Crippen LogP contribution in [0.1, 0.15) is 0 Å². The molecule has 0 atom stereocenters. The molecule has 0 saturated heterocycles. The molecule has 0 spiro atoms. The molecule has 0 amide bonds. The molecule has 0 fully saturated rings. The third-order valence-electron chi connectivity index (χ3n) is 0. The molecule has 0 aliphatic heterocycles. The monoisotopic (exact) mass is 897 g/mol. The van der Waals surface area contributed by atoms with Crippen molar-refractivity contribution in [1.29, 1.82) is 0 Å². The van der Waals surface area contributed by atoms with Gasteiger partial charge in [-0.1, -0.05) is 0 Å². The molecule has 0 bridgehead atoms. The standard InChI is InChI=1S/Ba.Ca.12O.4Sn.Ti/q2*+2;;;;;8*-1;;;;;+4. The van der Waals surface area contributed by atoms with Gasteiger partial charge < -0.3 is 0 Å². The Labute approximate surface area is 224 Å². The molecule has 96 valence electrons. The maximum atomic E-state index is 8.61. The van der Waals surface area contributed by atoms with Gasteiger partial charge in [0.25, 0.3) is 0 Å². The van der Waals surface area contributed by atoms with Crippen LogP contribution in [0.3, 0.4) is 0 Å². The summed E-state index contributed by atoms with van der Waals surface area (Å²) in [4.78, 5) is 0. The van der Waals surface area contributed by atoms with Crippen molar-refractivity contribution in [3.05, 3.63) is 0 Å². The van der Waals surface area contributed by atoms with Crippen LogP contribution in [0.4, 0.5) is 0 Å². The summed E-state index contributed by atoms with van der Waals surface area (Å²) in [5.74, 6) is 0. The van der Waals surface area contributed by atoms with Gasteiger partial charge in [-0.05, 0) is 0 Å². The fourth-order valence-electron chi connectivity index (χ4n) is 0. The van der Waals surface area contributed by atoms with E-state index in [0.717, 1.165) is 0 Å². The molecule has 0 rings (SSSR count). The van der Waals surface area contributed by atoms with E-state index < -0.39 is 82.3 Å². The molecular weight excluding hydrogens is 892 g/mol. The first-order chi connectivity index (χ1) is 6.93. The first-order valence-electron chi connectivity index (χ1n) is 2.45. The van der Waals surface area contributed by atoms with Gasteiger partial charge in [0, 0.05) is 0 Å². The molecule has 0 aliphatic carbocycles. The van der Waals surface area contributed by atoms with Crippen LogP contribution in [-0.2, 0) is 34.0 Å². The van der Waals surface area contributed by atoms with Crippen molar-refractivity contribution in [2.45, 2.75) is 0 Å². The summed E-state index contributed by atoms with van der Waals surface area (Å²) in [6.45, 7) is 0. The third kappa shape index (κ3) is 350. The summed E-state index contributed by atoms with van der Waals surface area (Å²) in [6, 6.07) is 0. The number of hydrogen-bond donors (Lipinski definition) is 0. The van der Waals surface area contributed by atoms with E-state index in [1.807, 2.05) is 0 Å². The summed E-state index contributed by atoms with van der Waals surface area (Å²) < 4.78 is 103. The van der Waals surface area contributed by atoms with E-state index >= 15 is 0 Å². The van der Waals surface area contributed by atoms with E-state index in [0.29, 0.717) is 0 Å². The fourth-order valence-corrected chi connectivity index (χ4v) is 0. The van der Waals surface area contributed by atoms with Gasteiger partial charge in [-0.15, -0.1) is 0 Å². The smallest absolute Gasteiger partial charge is 4.00 e. The van der Waals surface area contributed by atoms with Crippen LogP contribution in [0.15, 0.2) is 0 Å². The third-order valence-corrected chi connectivity index (χ3v) is 0. The Morgan fingerprint density at radius 2 is 0.474 bits per heavy atom. The zero-order valence-corrected chi connectivity index (χ0v) is 28.4. The Morgan fingerprint density at radius 3 is 0.474 bits per heavy atom. The summed E-state index contributed by atoms with van der Waals surface area (Å²) in [7, 11) is 0. The molecule has 0 aliphatic rings. The summed E-state index contributed by atoms with van der Waals surface area (Å²) >= 11 is -17.2. The van der Waals surface area contributed by atoms with E-state index in [-0.39, 0.29) is 108 Å². The van der Waals surface area contributed by atoms with Crippen molar-refractivity contribution in [2.24, 2.45) is 0 Å². The normalized spacial score (nSPS) is 5.47. The average molecular weight is 892 g/mol. The molecule has 12 nitrogen and oxygen atoms in total. The van der Waals surface area contributed by atoms with Crippen molar-refractivity contribution in [3.63, 3.8) is 0 Å². The van der Waals surface area contributed by atoms with Gasteiger partial charge in [0.05, 0.1) is 0 Å². The van der Waals surface area contributed by atoms with Gasteiger partial charge >= 0.3 is 230 Å². The van der Waals surface area contributed by atoms with Crippen molar-refractivity contribution in [1.82, 2.24) is 0 Å². The topological polar surface area (TPSA) is 253 Å². The van der Waals surface area contributed by atoms with E-state index in [2.05, 4.69) is 0 Å². The summed E-state index contributed by atoms with van der Waals surface area (Å²) in [5, 5.41) is 0. The summed E-state index contributed by atoms with van der Waals surface area (Å²) in [6.07, 6.45) is 0. The molecule has 0 N–H and O–H groups in total. The molecular formula is BaCaO12Sn4Ti. The first kappa shape index (κ1) is 44.2. The minimum absolute atomic E-state index is 0. The zero-order chi connectivity index (χ0) is 14.3. The van der Waals surface area contributed by atoms with Crippen molar-refractivity contribution in [3.8, 4) is 0 Å². The van der Waals surface area contributed by atoms with Gasteiger partial charge in [-0.2, -0.15) is 0 Å². The van der Waals surface area contributed by atoms with Gasteiger partial charge in [0.2, 0.25) is 0 Å². The van der Waals surface area contributed by atoms with E-state index in [9.17, 15) is 0 Å². The van der Waals surface area contributed by atoms with E-state index in [1.165, 1.54) is 0 Å². The van der Waals surface area contributed by atoms with Crippen LogP contribution < -0.4 is 27.6 Å². The quantitative estimate of drug-likeness (QED) is 0.206. The van der Waals surface area contributed by atoms with Crippen LogP contribution in [0.5, 0.6) is 0 Å². The maximum Gasteiger partial charge on any atom is 4.00 e. The van der Waals surface area contributed by atoms with Crippen molar-refractivity contribution < 1.29 is 61.6 Å². The van der Waals surface area contributed by atoms with Gasteiger partial charge in [-0.3, -0.25) is 0 Å². The van der Waals surface area contributed by atoms with Crippen molar-refractivity contribution >= 4 is 169 Å². The molecule has 0 aromatic heterocycles. The van der Waals surface area contributed by atoms with Crippen LogP contribution in [0, 0.1) is 0 Å². The Morgan fingerprint density at radius 1 is 0.474 bits per heavy atom. The molecule has 19 heavy (non-hydrogen) atoms. The first-order valence-corrected chi connectivity index (χ1v) is 16.4. The van der Waals surface area contributed by atoms with Crippen LogP contribution in [0.2, 0.25) is 0 Å². The van der Waals surface area contributed by atoms with E-state index in [4.69, 9.17) is 39.9 Å². The minimum Gasteiger partial charge on any atom is 4.00 e. The molecule has 0 heterocycles. The molecule has 0 aromatic carbocycles. The van der Waals surface area contributed by atoms with Gasteiger partial charge in [-0.25, -0.2) is 0 Å². The van der Waals surface area contributed by atoms with Gasteiger partial charge in [0.1, 0.15) is 0 Å². The van der Waals surface area contributed by atoms with E-state index in [1.54, 1.807) is 0 Å². The SMILES string of the molecule is [Ba+2].[Ca+2].[O]=[Sn]([O-])[O-].[O]=[Sn]([O-])[O-].[O]=[Sn]([O-])[O-].[O]=[Sn]([O-])[O-].[Ti+4].